The van der Waals surface area contributed by atoms with E-state index in [1.807, 2.05) is 32.3 Å². The second kappa shape index (κ2) is 9.98. The summed E-state index contributed by atoms with van der Waals surface area (Å²) in [5.74, 6) is 0.372. The number of piperidine rings is 2. The van der Waals surface area contributed by atoms with Crippen molar-refractivity contribution >= 4 is 11.8 Å². The van der Waals surface area contributed by atoms with Crippen molar-refractivity contribution in [2.24, 2.45) is 5.92 Å². The Morgan fingerprint density at radius 1 is 1.18 bits per heavy atom. The van der Waals surface area contributed by atoms with Crippen LogP contribution in [0.15, 0.2) is 24.4 Å². The minimum atomic E-state index is 0.0609. The molecule has 28 heavy (non-hydrogen) atoms. The van der Waals surface area contributed by atoms with Crippen molar-refractivity contribution in [3.8, 4) is 0 Å². The Bertz CT molecular complexity index is 643. The number of amides is 2. The van der Waals surface area contributed by atoms with Crippen molar-refractivity contribution in [3.63, 3.8) is 0 Å². The maximum atomic E-state index is 12.6. The molecule has 0 spiro atoms. The number of carbonyl (C=O) groups excluding carboxylic acids is 2. The number of nitrogens with zero attached hydrogens (tertiary/aromatic N) is 4. The zero-order valence-corrected chi connectivity index (χ0v) is 17.1. The van der Waals surface area contributed by atoms with Crippen LogP contribution >= 0.6 is 0 Å². The fourth-order valence-electron chi connectivity index (χ4n) is 4.15. The molecular formula is C21H33N5O2. The largest absolute Gasteiger partial charge is 0.350 e. The summed E-state index contributed by atoms with van der Waals surface area (Å²) < 4.78 is 0. The highest BCUT2D eigenvalue weighted by atomic mass is 16.2. The molecule has 7 nitrogen and oxygen atoms in total. The van der Waals surface area contributed by atoms with Crippen LogP contribution in [0.3, 0.4) is 0 Å². The van der Waals surface area contributed by atoms with Crippen LogP contribution in [-0.4, -0.2) is 84.4 Å². The highest BCUT2D eigenvalue weighted by Gasteiger charge is 2.32. The van der Waals surface area contributed by atoms with E-state index in [4.69, 9.17) is 0 Å². The SMILES string of the molecule is CN(C)C(=O)CN1CCC(N2CCC[C@H](C(=O)NCc3ccccn3)C2)CC1. The molecule has 7 heteroatoms. The van der Waals surface area contributed by atoms with Gasteiger partial charge in [0.2, 0.25) is 11.8 Å². The lowest BCUT2D eigenvalue weighted by Crippen LogP contribution is -2.51. The fourth-order valence-corrected chi connectivity index (χ4v) is 4.15. The molecule has 154 valence electrons. The van der Waals surface area contributed by atoms with Crippen molar-refractivity contribution in [1.29, 1.82) is 0 Å². The van der Waals surface area contributed by atoms with Gasteiger partial charge in [-0.2, -0.15) is 0 Å². The van der Waals surface area contributed by atoms with Gasteiger partial charge in [-0.1, -0.05) is 6.07 Å². The first-order valence-corrected chi connectivity index (χ1v) is 10.4. The molecule has 1 aromatic heterocycles. The normalized spacial score (nSPS) is 22.0. The van der Waals surface area contributed by atoms with Gasteiger partial charge in [-0.15, -0.1) is 0 Å². The molecule has 0 bridgehead atoms. The van der Waals surface area contributed by atoms with Gasteiger partial charge in [0.15, 0.2) is 0 Å². The summed E-state index contributed by atoms with van der Waals surface area (Å²) in [4.78, 5) is 35.2. The van der Waals surface area contributed by atoms with Crippen LogP contribution in [0.1, 0.15) is 31.4 Å². The maximum Gasteiger partial charge on any atom is 0.236 e. The topological polar surface area (TPSA) is 68.8 Å². The number of pyridine rings is 1. The lowest BCUT2D eigenvalue weighted by Gasteiger charge is -2.42. The van der Waals surface area contributed by atoms with E-state index in [1.54, 1.807) is 11.1 Å². The van der Waals surface area contributed by atoms with E-state index in [1.165, 1.54) is 0 Å². The number of likely N-dealkylation sites (N-methyl/N-ethyl adjacent to an activating group) is 1. The van der Waals surface area contributed by atoms with E-state index in [9.17, 15) is 9.59 Å². The highest BCUT2D eigenvalue weighted by molar-refractivity contribution is 5.79. The van der Waals surface area contributed by atoms with E-state index in [0.717, 1.165) is 57.6 Å². The molecule has 0 radical (unpaired) electrons. The molecule has 1 aromatic rings. The summed E-state index contributed by atoms with van der Waals surface area (Å²) in [5.41, 5.74) is 0.892. The number of carbonyl (C=O) groups is 2. The first-order chi connectivity index (χ1) is 13.5. The lowest BCUT2D eigenvalue weighted by molar-refractivity contribution is -0.131. The number of hydrogen-bond acceptors (Lipinski definition) is 5. The van der Waals surface area contributed by atoms with E-state index >= 15 is 0 Å². The van der Waals surface area contributed by atoms with E-state index < -0.39 is 0 Å². The fraction of sp³-hybridized carbons (Fsp3) is 0.667. The van der Waals surface area contributed by atoms with E-state index in [0.29, 0.717) is 19.1 Å². The summed E-state index contributed by atoms with van der Waals surface area (Å²) in [6.45, 7) is 4.84. The van der Waals surface area contributed by atoms with Crippen molar-refractivity contribution < 1.29 is 9.59 Å². The van der Waals surface area contributed by atoms with Crippen LogP contribution in [0.25, 0.3) is 0 Å². The summed E-state index contributed by atoms with van der Waals surface area (Å²) in [5, 5.41) is 3.05. The smallest absolute Gasteiger partial charge is 0.236 e. The van der Waals surface area contributed by atoms with Gasteiger partial charge < -0.3 is 10.2 Å². The van der Waals surface area contributed by atoms with Crippen molar-refractivity contribution in [2.75, 3.05) is 46.8 Å². The second-order valence-electron chi connectivity index (χ2n) is 8.17. The number of rotatable bonds is 6. The Labute approximate surface area is 168 Å². The number of likely N-dealkylation sites (tertiary alicyclic amines) is 2. The molecular weight excluding hydrogens is 354 g/mol. The highest BCUT2D eigenvalue weighted by Crippen LogP contribution is 2.24. The number of hydrogen-bond donors (Lipinski definition) is 1. The predicted octanol–water partition coefficient (Wildman–Crippen LogP) is 0.962. The average Bonchev–Trinajstić information content (AvgIpc) is 2.73. The van der Waals surface area contributed by atoms with Crippen LogP contribution in [0.2, 0.25) is 0 Å². The van der Waals surface area contributed by atoms with Gasteiger partial charge in [-0.05, 0) is 44.4 Å². The Hall–Kier alpha value is -1.99. The first-order valence-electron chi connectivity index (χ1n) is 10.4. The molecule has 2 amide bonds. The van der Waals surface area contributed by atoms with Gasteiger partial charge >= 0.3 is 0 Å². The van der Waals surface area contributed by atoms with Gasteiger partial charge in [0, 0.05) is 46.0 Å². The molecule has 2 fully saturated rings. The zero-order valence-electron chi connectivity index (χ0n) is 17.1. The molecule has 1 atom stereocenters. The molecule has 0 saturated carbocycles. The Balaban J connectivity index is 1.43. The van der Waals surface area contributed by atoms with E-state index in [2.05, 4.69) is 20.1 Å². The minimum Gasteiger partial charge on any atom is -0.350 e. The van der Waals surface area contributed by atoms with E-state index in [-0.39, 0.29) is 17.7 Å². The maximum absolute atomic E-state index is 12.6. The molecule has 3 heterocycles. The third-order valence-electron chi connectivity index (χ3n) is 5.92. The van der Waals surface area contributed by atoms with Crippen LogP contribution in [0, 0.1) is 5.92 Å². The molecule has 0 unspecified atom stereocenters. The van der Waals surface area contributed by atoms with Gasteiger partial charge in [0.25, 0.3) is 0 Å². The molecule has 3 rings (SSSR count). The lowest BCUT2D eigenvalue weighted by atomic mass is 9.93. The minimum absolute atomic E-state index is 0.0609. The Morgan fingerprint density at radius 2 is 1.96 bits per heavy atom. The number of nitrogens with one attached hydrogen (secondary N) is 1. The Kier molecular flexibility index (Phi) is 7.39. The zero-order chi connectivity index (χ0) is 19.9. The standard InChI is InChI=1S/C21H33N5O2/c1-24(2)20(27)16-25-12-8-19(9-13-25)26-11-5-6-17(15-26)21(28)23-14-18-7-3-4-10-22-18/h3-4,7,10,17,19H,5-6,8-9,11-16H2,1-2H3,(H,23,28)/t17-/m0/s1. The van der Waals surface area contributed by atoms with Crippen LogP contribution in [0.4, 0.5) is 0 Å². The molecule has 2 saturated heterocycles. The molecule has 0 aromatic carbocycles. The molecule has 2 aliphatic rings. The van der Waals surface area contributed by atoms with Crippen LogP contribution in [0.5, 0.6) is 0 Å². The molecule has 1 N–H and O–H groups in total. The van der Waals surface area contributed by atoms with Crippen LogP contribution in [-0.2, 0) is 16.1 Å². The van der Waals surface area contributed by atoms with Crippen molar-refractivity contribution in [1.82, 2.24) is 25.0 Å². The van der Waals surface area contributed by atoms with Crippen molar-refractivity contribution in [3.05, 3.63) is 30.1 Å². The summed E-state index contributed by atoms with van der Waals surface area (Å²) >= 11 is 0. The van der Waals surface area contributed by atoms with Crippen molar-refractivity contribution in [2.45, 2.75) is 38.3 Å². The van der Waals surface area contributed by atoms with Crippen LogP contribution < -0.4 is 5.32 Å². The van der Waals surface area contributed by atoms with Gasteiger partial charge in [0.1, 0.15) is 0 Å². The van der Waals surface area contributed by atoms with Gasteiger partial charge in [-0.3, -0.25) is 24.4 Å². The molecule has 0 aliphatic carbocycles. The quantitative estimate of drug-likeness (QED) is 0.788. The summed E-state index contributed by atoms with van der Waals surface area (Å²) in [7, 11) is 3.61. The summed E-state index contributed by atoms with van der Waals surface area (Å²) in [6, 6.07) is 6.28. The number of aromatic nitrogens is 1. The third kappa shape index (κ3) is 5.75. The molecule has 2 aliphatic heterocycles. The van der Waals surface area contributed by atoms with Gasteiger partial charge in [0.05, 0.1) is 24.7 Å². The second-order valence-corrected chi connectivity index (χ2v) is 8.17. The monoisotopic (exact) mass is 387 g/mol. The average molecular weight is 388 g/mol. The first kappa shape index (κ1) is 20.7. The summed E-state index contributed by atoms with van der Waals surface area (Å²) in [6.07, 6.45) is 5.93. The predicted molar refractivity (Wildman–Crippen MR) is 109 cm³/mol. The third-order valence-corrected chi connectivity index (χ3v) is 5.92. The van der Waals surface area contributed by atoms with Gasteiger partial charge in [-0.25, -0.2) is 0 Å². The Morgan fingerprint density at radius 3 is 2.64 bits per heavy atom.